The average molecular weight is 805 g/mol. The second-order valence-corrected chi connectivity index (χ2v) is 13.1. The Morgan fingerprint density at radius 1 is 0.588 bits per heavy atom. The molecule has 8 atom stereocenters. The summed E-state index contributed by atoms with van der Waals surface area (Å²) in [6, 6.07) is 11.2. The molecule has 2 aromatic rings. The number of carbonyl (C=O) groups is 6. The van der Waals surface area contributed by atoms with Crippen LogP contribution in [0.2, 0.25) is 0 Å². The van der Waals surface area contributed by atoms with E-state index in [0.717, 1.165) is 38.5 Å². The molecule has 268 valence electrons. The Bertz CT molecular complexity index is 1430. The maximum atomic E-state index is 12.5. The van der Waals surface area contributed by atoms with Crippen molar-refractivity contribution in [3.05, 3.63) is 73.5 Å². The number of fused-ring (bicyclic) bond motifs is 10. The molecule has 6 aliphatic heterocycles. The van der Waals surface area contributed by atoms with Gasteiger partial charge in [0, 0.05) is 0 Å². The molecule has 4 bridgehead atoms. The first-order chi connectivity index (χ1) is 24.0. The number of anilines is 2. The van der Waals surface area contributed by atoms with Gasteiger partial charge in [0.2, 0.25) is 23.6 Å². The van der Waals surface area contributed by atoms with E-state index in [4.69, 9.17) is 9.47 Å². The van der Waals surface area contributed by atoms with E-state index in [-0.39, 0.29) is 107 Å². The van der Waals surface area contributed by atoms with E-state index < -0.39 is 11.9 Å². The average Bonchev–Trinajstić information content (AvgIpc) is 3.98. The summed E-state index contributed by atoms with van der Waals surface area (Å²) in [4.78, 5) is 73.8. The van der Waals surface area contributed by atoms with E-state index in [1.54, 1.807) is 0 Å². The van der Waals surface area contributed by atoms with E-state index in [0.29, 0.717) is 11.4 Å². The minimum Gasteiger partial charge on any atom is -0.545 e. The molecule has 2 aromatic carbocycles. The summed E-state index contributed by atoms with van der Waals surface area (Å²) in [6.45, 7) is 11.4. The van der Waals surface area contributed by atoms with Crippen LogP contribution in [0.3, 0.4) is 0 Å². The van der Waals surface area contributed by atoms with Crippen LogP contribution in [0.15, 0.2) is 48.5 Å². The SMILES string of the molecule is O=C([O-])c1ccc(N2C(=O)C3C4CCC(O4)C3C2=O)cc1.O=C([O-])c1ccc(N2C(=O)C3C4CCC(O4)C3C2=O)cc1.[CH2]CCC.[CH2]CCC.[Sn+2]. The van der Waals surface area contributed by atoms with Crippen LogP contribution in [-0.4, -0.2) is 83.9 Å². The molecule has 13 heteroatoms. The number of carboxylic acid groups (broad SMARTS) is 2. The van der Waals surface area contributed by atoms with E-state index in [9.17, 15) is 39.0 Å². The van der Waals surface area contributed by atoms with E-state index in [1.807, 2.05) is 0 Å². The minimum atomic E-state index is -1.29. The Hall–Kier alpha value is -3.62. The van der Waals surface area contributed by atoms with Crippen LogP contribution < -0.4 is 20.0 Å². The molecular formula is C38H42N2O10Sn. The van der Waals surface area contributed by atoms with Gasteiger partial charge in [0.15, 0.2) is 0 Å². The Balaban J connectivity index is 0.000000187. The van der Waals surface area contributed by atoms with Gasteiger partial charge < -0.3 is 29.3 Å². The van der Waals surface area contributed by atoms with E-state index in [2.05, 4.69) is 27.7 Å². The third kappa shape index (κ3) is 7.78. The van der Waals surface area contributed by atoms with Crippen molar-refractivity contribution in [2.45, 2.75) is 89.6 Å². The molecule has 0 saturated carbocycles. The number of carbonyl (C=O) groups excluding carboxylic acids is 6. The normalized spacial score (nSPS) is 28.9. The molecule has 4 amide bonds. The fourth-order valence-electron chi connectivity index (χ4n) is 7.43. The quantitative estimate of drug-likeness (QED) is 0.312. The van der Waals surface area contributed by atoms with Crippen molar-refractivity contribution in [3.63, 3.8) is 0 Å². The van der Waals surface area contributed by atoms with Crippen molar-refractivity contribution in [2.24, 2.45) is 23.7 Å². The number of amides is 4. The molecule has 0 N–H and O–H groups in total. The Labute approximate surface area is 314 Å². The number of aromatic carboxylic acids is 2. The van der Waals surface area contributed by atoms with Gasteiger partial charge >= 0.3 is 23.9 Å². The van der Waals surface area contributed by atoms with Gasteiger partial charge in [0.05, 0.1) is 71.4 Å². The number of ether oxygens (including phenoxy) is 2. The van der Waals surface area contributed by atoms with Crippen molar-refractivity contribution in [1.29, 1.82) is 0 Å². The topological polar surface area (TPSA) is 173 Å². The summed E-state index contributed by atoms with van der Waals surface area (Å²) < 4.78 is 11.3. The van der Waals surface area contributed by atoms with Gasteiger partial charge in [0.25, 0.3) is 0 Å². The number of hydrogen-bond acceptors (Lipinski definition) is 10. The number of imide groups is 2. The fourth-order valence-corrected chi connectivity index (χ4v) is 7.43. The molecule has 12 nitrogen and oxygen atoms in total. The first-order valence-electron chi connectivity index (χ1n) is 17.3. The summed E-state index contributed by atoms with van der Waals surface area (Å²) >= 11 is 0. The summed E-state index contributed by atoms with van der Waals surface area (Å²) in [5.74, 6) is -5.04. The molecule has 4 radical (unpaired) electrons. The van der Waals surface area contributed by atoms with Crippen molar-refractivity contribution < 1.29 is 48.5 Å². The Morgan fingerprint density at radius 2 is 0.824 bits per heavy atom. The van der Waals surface area contributed by atoms with Gasteiger partial charge in [-0.1, -0.05) is 77.6 Å². The van der Waals surface area contributed by atoms with Crippen molar-refractivity contribution in [1.82, 2.24) is 0 Å². The first-order valence-corrected chi connectivity index (χ1v) is 17.3. The third-order valence-corrected chi connectivity index (χ3v) is 10.00. The molecule has 8 rings (SSSR count). The minimum absolute atomic E-state index is 0. The van der Waals surface area contributed by atoms with Crippen molar-refractivity contribution in [2.75, 3.05) is 9.80 Å². The molecule has 0 aromatic heterocycles. The molecule has 0 aliphatic carbocycles. The second kappa shape index (κ2) is 17.3. The fraction of sp³-hybridized carbons (Fsp3) is 0.474. The van der Waals surface area contributed by atoms with E-state index in [1.165, 1.54) is 71.2 Å². The number of hydrogen-bond donors (Lipinski definition) is 0. The molecule has 6 saturated heterocycles. The van der Waals surface area contributed by atoms with Crippen LogP contribution in [0.25, 0.3) is 0 Å². The summed E-state index contributed by atoms with van der Waals surface area (Å²) in [5.41, 5.74) is 0.843. The zero-order valence-corrected chi connectivity index (χ0v) is 31.6. The van der Waals surface area contributed by atoms with Gasteiger partial charge in [-0.25, -0.2) is 9.80 Å². The Kier molecular flexibility index (Phi) is 13.6. The maximum absolute atomic E-state index is 12.5. The standard InChI is InChI=1S/2C15H13NO5.2C4H9.Sn/c2*17-13-11-9-5-6-10(21-9)12(11)14(18)16(13)8-3-1-7(2-4-8)15(19)20;2*1-3-4-2;/h2*1-4,9-12H,5-6H2,(H,19,20);2*1,3-4H2,2H3;/q;;;;+2/p-2. The number of nitrogens with zero attached hydrogens (tertiary/aromatic N) is 2. The number of carboxylic acids is 2. The van der Waals surface area contributed by atoms with Gasteiger partial charge in [-0.2, -0.15) is 0 Å². The maximum Gasteiger partial charge on any atom is 2.00 e. The molecular weight excluding hydrogens is 763 g/mol. The van der Waals surface area contributed by atoms with Crippen molar-refractivity contribution >= 4 is 70.8 Å². The molecule has 6 fully saturated rings. The molecule has 8 unspecified atom stereocenters. The predicted octanol–water partition coefficient (Wildman–Crippen LogP) is 2.29. The number of benzene rings is 2. The van der Waals surface area contributed by atoms with Crippen LogP contribution >= 0.6 is 0 Å². The van der Waals surface area contributed by atoms with Crippen molar-refractivity contribution in [3.8, 4) is 0 Å². The summed E-state index contributed by atoms with van der Waals surface area (Å²) in [7, 11) is 0. The van der Waals surface area contributed by atoms with Crippen LogP contribution in [0.4, 0.5) is 11.4 Å². The molecule has 51 heavy (non-hydrogen) atoms. The zero-order valence-electron chi connectivity index (χ0n) is 28.8. The van der Waals surface area contributed by atoms with Gasteiger partial charge in [0.1, 0.15) is 0 Å². The first kappa shape index (κ1) is 40.2. The molecule has 6 heterocycles. The number of rotatable bonds is 6. The number of unbranched alkanes of at least 4 members (excludes halogenated alkanes) is 2. The summed E-state index contributed by atoms with van der Waals surface area (Å²) in [5, 5.41) is 21.5. The van der Waals surface area contributed by atoms with Crippen LogP contribution in [0.1, 0.15) is 85.9 Å². The van der Waals surface area contributed by atoms with Gasteiger partial charge in [-0.15, -0.1) is 0 Å². The predicted molar refractivity (Wildman–Crippen MR) is 183 cm³/mol. The van der Waals surface area contributed by atoms with Crippen LogP contribution in [0.5, 0.6) is 0 Å². The zero-order chi connectivity index (χ0) is 36.3. The van der Waals surface area contributed by atoms with Crippen LogP contribution in [0, 0.1) is 37.5 Å². The van der Waals surface area contributed by atoms with Gasteiger partial charge in [-0.05, 0) is 61.1 Å². The summed E-state index contributed by atoms with van der Waals surface area (Å²) in [6.07, 6.45) is 7.25. The monoisotopic (exact) mass is 806 g/mol. The Morgan fingerprint density at radius 3 is 1.02 bits per heavy atom. The van der Waals surface area contributed by atoms with Crippen LogP contribution in [-0.2, 0) is 28.7 Å². The second-order valence-electron chi connectivity index (χ2n) is 13.1. The van der Waals surface area contributed by atoms with E-state index >= 15 is 0 Å². The third-order valence-electron chi connectivity index (χ3n) is 10.00. The van der Waals surface area contributed by atoms with Gasteiger partial charge in [-0.3, -0.25) is 19.2 Å². The smallest absolute Gasteiger partial charge is 0.545 e. The molecule has 6 aliphatic rings. The molecule has 0 spiro atoms. The largest absolute Gasteiger partial charge is 2.00 e.